The zero-order valence-electron chi connectivity index (χ0n) is 46.2. The van der Waals surface area contributed by atoms with Crippen LogP contribution in [0.3, 0.4) is 0 Å². The quantitative estimate of drug-likeness (QED) is 0.0677. The molecule has 6 aromatic heterocycles. The number of ether oxygens (including phenoxy) is 1. The molecule has 25 heteroatoms. The number of nitrogens with zero attached hydrogens (tertiary/aromatic N) is 16. The molecule has 3 fully saturated rings. The first kappa shape index (κ1) is 56.7. The van der Waals surface area contributed by atoms with Crippen LogP contribution in [0, 0.1) is 0 Å². The van der Waals surface area contributed by atoms with Crippen molar-refractivity contribution in [3.05, 3.63) is 110 Å². The Bertz CT molecular complexity index is 3490. The van der Waals surface area contributed by atoms with Gasteiger partial charge < -0.3 is 36.6 Å². The Balaban J connectivity index is 0.000000139. The van der Waals surface area contributed by atoms with Crippen molar-refractivity contribution in [2.75, 3.05) is 30.0 Å². The van der Waals surface area contributed by atoms with E-state index in [0.717, 1.165) is 103 Å². The van der Waals surface area contributed by atoms with Gasteiger partial charge in [-0.25, -0.2) is 15.0 Å². The zero-order valence-corrected chi connectivity index (χ0v) is 46.2. The zero-order chi connectivity index (χ0) is 56.7. The van der Waals surface area contributed by atoms with Crippen LogP contribution in [0.4, 0.5) is 17.8 Å². The van der Waals surface area contributed by atoms with E-state index in [2.05, 4.69) is 86.8 Å². The minimum absolute atomic E-state index is 0.127. The monoisotopic (exact) mass is 1100 g/mol. The van der Waals surface area contributed by atoms with E-state index in [4.69, 9.17) is 5.73 Å². The van der Waals surface area contributed by atoms with E-state index in [1.165, 1.54) is 26.7 Å². The molecular weight excluding hydrogens is 1030 g/mol. The highest BCUT2D eigenvalue weighted by Gasteiger charge is 2.26. The second kappa shape index (κ2) is 27.3. The molecule has 0 atom stereocenters. The van der Waals surface area contributed by atoms with Gasteiger partial charge in [0, 0.05) is 101 Å². The summed E-state index contributed by atoms with van der Waals surface area (Å²) in [7, 11) is 3.92. The van der Waals surface area contributed by atoms with E-state index < -0.39 is 11.9 Å². The summed E-state index contributed by atoms with van der Waals surface area (Å²) in [6, 6.07) is 31.4. The number of esters is 2. The highest BCUT2D eigenvalue weighted by atomic mass is 16.6. The van der Waals surface area contributed by atoms with Crippen LogP contribution in [0.5, 0.6) is 0 Å². The van der Waals surface area contributed by atoms with E-state index in [0.29, 0.717) is 65.7 Å². The molecule has 3 aliphatic carbocycles. The Hall–Kier alpha value is -8.97. The lowest BCUT2D eigenvalue weighted by Crippen LogP contribution is -2.40. The molecule has 0 spiro atoms. The topological polar surface area (TPSA) is 307 Å². The summed E-state index contributed by atoms with van der Waals surface area (Å²) < 4.78 is 9.18. The smallest absolute Gasteiger partial charge is 0.310 e. The third-order valence-electron chi connectivity index (χ3n) is 14.6. The molecule has 3 saturated carbocycles. The third kappa shape index (κ3) is 15.2. The van der Waals surface area contributed by atoms with Gasteiger partial charge in [-0.15, -0.1) is 15.3 Å². The maximum Gasteiger partial charge on any atom is 0.310 e. The average Bonchev–Trinajstić information content (AvgIpc) is 4.25. The summed E-state index contributed by atoms with van der Waals surface area (Å²) in [4.78, 5) is 59.9. The molecule has 0 aliphatic heterocycles. The highest BCUT2D eigenvalue weighted by molar-refractivity contribution is 5.82. The molecular formula is C56H69N21O4. The molecule has 422 valence electrons. The molecule has 25 nitrogen and oxygen atoms in total. The maximum absolute atomic E-state index is 11.5. The van der Waals surface area contributed by atoms with Gasteiger partial charge in [0.05, 0.1) is 16.6 Å². The summed E-state index contributed by atoms with van der Waals surface area (Å²) in [5.41, 5.74) is 11.3. The SMILES string of the molecule is CC(=O)N(C)C1CCC(Nc2nccc(-n3nnc4ccccc43)n2)CC1.CC(=O)OC(C)=O.CNC1CCC(Nc2nccc(-n3nnc4ccccc43)n2)CC1.NC1CCC(Nc2nccc(-n3nnc4ccccc43)n2)CC1. The number of aromatic nitrogens is 15. The summed E-state index contributed by atoms with van der Waals surface area (Å²) in [5, 5.41) is 38.8. The van der Waals surface area contributed by atoms with Gasteiger partial charge in [0.15, 0.2) is 17.5 Å². The van der Waals surface area contributed by atoms with E-state index in [1.807, 2.05) is 110 Å². The summed E-state index contributed by atoms with van der Waals surface area (Å²) in [6.07, 6.45) is 18.0. The van der Waals surface area contributed by atoms with Crippen LogP contribution >= 0.6 is 0 Å². The highest BCUT2D eigenvalue weighted by Crippen LogP contribution is 2.26. The number of benzene rings is 3. The van der Waals surface area contributed by atoms with Gasteiger partial charge in [0.25, 0.3) is 0 Å². The number of anilines is 3. The predicted molar refractivity (Wildman–Crippen MR) is 307 cm³/mol. The molecule has 3 aliphatic rings. The number of nitrogens with one attached hydrogen (secondary N) is 4. The van der Waals surface area contributed by atoms with Crippen LogP contribution in [0.2, 0.25) is 0 Å². The van der Waals surface area contributed by atoms with Gasteiger partial charge in [0.2, 0.25) is 23.8 Å². The Labute approximate surface area is 468 Å². The van der Waals surface area contributed by atoms with Crippen molar-refractivity contribution in [1.82, 2.24) is 85.1 Å². The van der Waals surface area contributed by atoms with Gasteiger partial charge in [0.1, 0.15) is 16.6 Å². The first-order chi connectivity index (χ1) is 39.4. The lowest BCUT2D eigenvalue weighted by molar-refractivity contribution is -0.156. The third-order valence-corrected chi connectivity index (χ3v) is 14.6. The Morgan fingerprint density at radius 1 is 0.494 bits per heavy atom. The van der Waals surface area contributed by atoms with Crippen LogP contribution in [0.15, 0.2) is 110 Å². The van der Waals surface area contributed by atoms with Crippen molar-refractivity contribution in [1.29, 1.82) is 0 Å². The lowest BCUT2D eigenvalue weighted by atomic mass is 9.90. The second-order valence-corrected chi connectivity index (χ2v) is 20.3. The standard InChI is InChI=1S/C19H23N7O.C17H21N7.C16H19N7.C4H6O3/c1-13(27)25(2)15-9-7-14(8-10-15)21-19-20-12-11-18(22-19)26-17-6-4-3-5-16(17)23-24-26;1-18-12-6-8-13(9-7-12)20-17-19-11-10-16(21-17)24-15-5-3-2-4-14(15)22-23-24;17-11-5-7-12(8-6-11)19-16-18-10-9-15(20-16)23-14-4-2-1-3-13(14)21-22-23;1-3(5)7-4(2)6/h3-6,11-12,14-15H,7-10H2,1-2H3,(H,20,21,22);2-5,10-13,18H,6-9H2,1H3,(H,19,20,21);1-4,9-12H,5-8,17H2,(H,18,19,20);1-2H3. The fourth-order valence-electron chi connectivity index (χ4n) is 10.1. The van der Waals surface area contributed by atoms with Gasteiger partial charge in [-0.2, -0.15) is 29.0 Å². The maximum atomic E-state index is 11.5. The molecule has 12 rings (SSSR count). The van der Waals surface area contributed by atoms with Gasteiger partial charge >= 0.3 is 11.9 Å². The average molecular weight is 1100 g/mol. The van der Waals surface area contributed by atoms with Crippen molar-refractivity contribution >= 4 is 68.8 Å². The number of hydrogen-bond acceptors (Lipinski definition) is 21. The lowest BCUT2D eigenvalue weighted by Gasteiger charge is -2.34. The summed E-state index contributed by atoms with van der Waals surface area (Å²) in [5.74, 6) is 3.00. The summed E-state index contributed by atoms with van der Waals surface area (Å²) >= 11 is 0. The predicted octanol–water partition coefficient (Wildman–Crippen LogP) is 6.55. The van der Waals surface area contributed by atoms with Gasteiger partial charge in [-0.05, 0) is 120 Å². The normalized spacial score (nSPS) is 19.6. The number of hydrogen-bond donors (Lipinski definition) is 5. The van der Waals surface area contributed by atoms with Crippen LogP contribution in [0.25, 0.3) is 50.6 Å². The van der Waals surface area contributed by atoms with Crippen molar-refractivity contribution < 1.29 is 19.1 Å². The number of carbonyl (C=O) groups excluding carboxylic acids is 3. The minimum atomic E-state index is -0.562. The molecule has 0 bridgehead atoms. The van der Waals surface area contributed by atoms with Crippen LogP contribution < -0.4 is 27.0 Å². The fraction of sp³-hybridized carbons (Fsp3) is 0.411. The van der Waals surface area contributed by atoms with E-state index >= 15 is 0 Å². The van der Waals surface area contributed by atoms with Crippen LogP contribution in [-0.4, -0.2) is 148 Å². The van der Waals surface area contributed by atoms with Gasteiger partial charge in [-0.1, -0.05) is 52.0 Å². The molecule has 0 radical (unpaired) electrons. The molecule has 9 aromatic rings. The van der Waals surface area contributed by atoms with Crippen LogP contribution in [-0.2, 0) is 19.1 Å². The molecule has 3 aromatic carbocycles. The number of fused-ring (bicyclic) bond motifs is 3. The largest absolute Gasteiger partial charge is 0.394 e. The second-order valence-electron chi connectivity index (χ2n) is 20.3. The van der Waals surface area contributed by atoms with Crippen LogP contribution in [0.1, 0.15) is 97.8 Å². The van der Waals surface area contributed by atoms with E-state index in [-0.39, 0.29) is 5.91 Å². The first-order valence-corrected chi connectivity index (χ1v) is 27.4. The Morgan fingerprint density at radius 2 is 0.827 bits per heavy atom. The van der Waals surface area contributed by atoms with Crippen molar-refractivity contribution in [3.8, 4) is 17.5 Å². The first-order valence-electron chi connectivity index (χ1n) is 27.4. The van der Waals surface area contributed by atoms with Crippen molar-refractivity contribution in [3.63, 3.8) is 0 Å². The Kier molecular flexibility index (Phi) is 19.1. The number of carbonyl (C=O) groups is 3. The molecule has 1 amide bonds. The number of rotatable bonds is 11. The number of amides is 1. The van der Waals surface area contributed by atoms with Crippen molar-refractivity contribution in [2.45, 2.75) is 134 Å². The fourth-order valence-corrected chi connectivity index (χ4v) is 10.1. The molecule has 0 saturated heterocycles. The number of para-hydroxylation sites is 3. The molecule has 0 unspecified atom stereocenters. The Morgan fingerprint density at radius 3 is 1.16 bits per heavy atom. The van der Waals surface area contributed by atoms with E-state index in [1.54, 1.807) is 39.6 Å². The minimum Gasteiger partial charge on any atom is -0.394 e. The molecule has 6 N–H and O–H groups in total. The summed E-state index contributed by atoms with van der Waals surface area (Å²) in [6.45, 7) is 3.99. The van der Waals surface area contributed by atoms with E-state index in [9.17, 15) is 14.4 Å². The molecule has 6 heterocycles. The van der Waals surface area contributed by atoms with Crippen molar-refractivity contribution in [2.24, 2.45) is 5.73 Å². The van der Waals surface area contributed by atoms with Gasteiger partial charge in [-0.3, -0.25) is 14.4 Å². The number of nitrogens with two attached hydrogens (primary N) is 1. The molecule has 81 heavy (non-hydrogen) atoms.